The highest BCUT2D eigenvalue weighted by molar-refractivity contribution is 5.91. The number of ether oxygens (including phenoxy) is 2. The van der Waals surface area contributed by atoms with Crippen LogP contribution in [-0.2, 0) is 11.2 Å². The molecular formula is C18H22N2O3. The molecular weight excluding hydrogens is 292 g/mol. The molecule has 0 saturated carbocycles. The molecule has 0 aliphatic heterocycles. The number of hydrogen-bond acceptors (Lipinski definition) is 4. The van der Waals surface area contributed by atoms with Crippen molar-refractivity contribution >= 4 is 11.7 Å². The minimum absolute atomic E-state index is 0.0575. The van der Waals surface area contributed by atoms with Crippen LogP contribution in [0.1, 0.15) is 18.2 Å². The van der Waals surface area contributed by atoms with E-state index >= 15 is 0 Å². The zero-order valence-electron chi connectivity index (χ0n) is 13.9. The van der Waals surface area contributed by atoms with Crippen LogP contribution in [0.2, 0.25) is 0 Å². The smallest absolute Gasteiger partial charge is 0.228 e. The lowest BCUT2D eigenvalue weighted by Gasteiger charge is -2.14. The standard InChI is InChI=1S/C18H22N2O3/c1-12(18(21)20-17-7-5-6-13(2)19-17)10-14-8-9-15(22-3)16(11-14)23-4/h5-9,11-12H,10H2,1-4H3,(H,19,20,21). The summed E-state index contributed by atoms with van der Waals surface area (Å²) in [7, 11) is 3.20. The molecule has 0 bridgehead atoms. The molecule has 1 amide bonds. The van der Waals surface area contributed by atoms with E-state index in [0.717, 1.165) is 11.3 Å². The van der Waals surface area contributed by atoms with Gasteiger partial charge in [-0.25, -0.2) is 4.98 Å². The van der Waals surface area contributed by atoms with Crippen molar-refractivity contribution in [3.05, 3.63) is 47.7 Å². The van der Waals surface area contributed by atoms with Crippen molar-refractivity contribution in [2.45, 2.75) is 20.3 Å². The summed E-state index contributed by atoms with van der Waals surface area (Å²) in [4.78, 5) is 16.6. The summed E-state index contributed by atoms with van der Waals surface area (Å²) in [6, 6.07) is 11.2. The van der Waals surface area contributed by atoms with Gasteiger partial charge in [0.2, 0.25) is 5.91 Å². The molecule has 1 atom stereocenters. The first-order chi connectivity index (χ1) is 11.0. The molecule has 5 heteroatoms. The van der Waals surface area contributed by atoms with Gasteiger partial charge in [-0.05, 0) is 43.2 Å². The Labute approximate surface area is 136 Å². The molecule has 0 radical (unpaired) electrons. The van der Waals surface area contributed by atoms with Crippen molar-refractivity contribution in [3.63, 3.8) is 0 Å². The number of carbonyl (C=O) groups excluding carboxylic acids is 1. The van der Waals surface area contributed by atoms with Crippen molar-refractivity contribution in [1.82, 2.24) is 4.98 Å². The first kappa shape index (κ1) is 16.8. The molecule has 0 aliphatic carbocycles. The van der Waals surface area contributed by atoms with Crippen molar-refractivity contribution < 1.29 is 14.3 Å². The maximum absolute atomic E-state index is 12.3. The lowest BCUT2D eigenvalue weighted by atomic mass is 10.00. The van der Waals surface area contributed by atoms with Crippen molar-refractivity contribution in [2.75, 3.05) is 19.5 Å². The van der Waals surface area contributed by atoms with Gasteiger partial charge >= 0.3 is 0 Å². The molecule has 1 aromatic carbocycles. The van der Waals surface area contributed by atoms with Crippen LogP contribution in [0.15, 0.2) is 36.4 Å². The Morgan fingerprint density at radius 3 is 2.57 bits per heavy atom. The molecule has 122 valence electrons. The highest BCUT2D eigenvalue weighted by atomic mass is 16.5. The number of hydrogen-bond donors (Lipinski definition) is 1. The quantitative estimate of drug-likeness (QED) is 0.889. The van der Waals surface area contributed by atoms with Crippen LogP contribution in [0.3, 0.4) is 0 Å². The van der Waals surface area contributed by atoms with E-state index in [1.807, 2.05) is 44.2 Å². The molecule has 0 saturated heterocycles. The topological polar surface area (TPSA) is 60.5 Å². The van der Waals surface area contributed by atoms with Gasteiger partial charge in [0.25, 0.3) is 0 Å². The van der Waals surface area contributed by atoms with E-state index in [0.29, 0.717) is 23.7 Å². The van der Waals surface area contributed by atoms with Crippen molar-refractivity contribution in [2.24, 2.45) is 5.92 Å². The van der Waals surface area contributed by atoms with E-state index in [4.69, 9.17) is 9.47 Å². The number of benzene rings is 1. The van der Waals surface area contributed by atoms with Gasteiger partial charge in [0.15, 0.2) is 11.5 Å². The summed E-state index contributed by atoms with van der Waals surface area (Å²) >= 11 is 0. The van der Waals surface area contributed by atoms with E-state index in [1.165, 1.54) is 0 Å². The molecule has 23 heavy (non-hydrogen) atoms. The minimum atomic E-state index is -0.185. The van der Waals surface area contributed by atoms with Crippen LogP contribution in [0, 0.1) is 12.8 Å². The number of rotatable bonds is 6. The fourth-order valence-electron chi connectivity index (χ4n) is 2.32. The van der Waals surface area contributed by atoms with Gasteiger partial charge in [0.1, 0.15) is 5.82 Å². The van der Waals surface area contributed by atoms with Crippen molar-refractivity contribution in [1.29, 1.82) is 0 Å². The maximum atomic E-state index is 12.3. The largest absolute Gasteiger partial charge is 0.493 e. The summed E-state index contributed by atoms with van der Waals surface area (Å²) in [5.41, 5.74) is 1.89. The average Bonchev–Trinajstić information content (AvgIpc) is 2.54. The van der Waals surface area contributed by atoms with Gasteiger partial charge in [-0.1, -0.05) is 19.1 Å². The normalized spacial score (nSPS) is 11.7. The molecule has 2 aromatic rings. The summed E-state index contributed by atoms with van der Waals surface area (Å²) in [6.07, 6.45) is 0.609. The number of methoxy groups -OCH3 is 2. The van der Waals surface area contributed by atoms with Gasteiger partial charge in [-0.3, -0.25) is 4.79 Å². The summed E-state index contributed by atoms with van der Waals surface area (Å²) in [5, 5.41) is 2.85. The zero-order chi connectivity index (χ0) is 16.8. The number of aryl methyl sites for hydroxylation is 1. The number of carbonyl (C=O) groups is 1. The summed E-state index contributed by atoms with van der Waals surface area (Å²) in [5.74, 6) is 1.68. The summed E-state index contributed by atoms with van der Waals surface area (Å²) in [6.45, 7) is 3.78. The highest BCUT2D eigenvalue weighted by Gasteiger charge is 2.15. The van der Waals surface area contributed by atoms with Crippen LogP contribution >= 0.6 is 0 Å². The molecule has 0 fully saturated rings. The highest BCUT2D eigenvalue weighted by Crippen LogP contribution is 2.28. The third kappa shape index (κ3) is 4.45. The van der Waals surface area contributed by atoms with Crippen molar-refractivity contribution in [3.8, 4) is 11.5 Å². The number of nitrogens with one attached hydrogen (secondary N) is 1. The lowest BCUT2D eigenvalue weighted by Crippen LogP contribution is -2.22. The number of aromatic nitrogens is 1. The molecule has 0 spiro atoms. The Hall–Kier alpha value is -2.56. The second-order valence-corrected chi connectivity index (χ2v) is 5.45. The third-order valence-corrected chi connectivity index (χ3v) is 3.58. The first-order valence-corrected chi connectivity index (χ1v) is 7.49. The first-order valence-electron chi connectivity index (χ1n) is 7.49. The number of pyridine rings is 1. The van der Waals surface area contributed by atoms with Crippen LogP contribution < -0.4 is 14.8 Å². The van der Waals surface area contributed by atoms with Gasteiger partial charge in [-0.2, -0.15) is 0 Å². The second kappa shape index (κ2) is 7.63. The molecule has 1 unspecified atom stereocenters. The Bertz CT molecular complexity index is 686. The molecule has 0 aliphatic rings. The van der Waals surface area contributed by atoms with Gasteiger partial charge < -0.3 is 14.8 Å². The van der Waals surface area contributed by atoms with Gasteiger partial charge in [-0.15, -0.1) is 0 Å². The molecule has 1 heterocycles. The lowest BCUT2D eigenvalue weighted by molar-refractivity contribution is -0.119. The third-order valence-electron chi connectivity index (χ3n) is 3.58. The van der Waals surface area contributed by atoms with E-state index in [1.54, 1.807) is 20.3 Å². The number of amides is 1. The fraction of sp³-hybridized carbons (Fsp3) is 0.333. The average molecular weight is 314 g/mol. The Balaban J connectivity index is 2.03. The SMILES string of the molecule is COc1ccc(CC(C)C(=O)Nc2cccc(C)n2)cc1OC. The van der Waals surface area contributed by atoms with E-state index in [2.05, 4.69) is 10.3 Å². The molecule has 1 aromatic heterocycles. The van der Waals surface area contributed by atoms with E-state index in [9.17, 15) is 4.79 Å². The number of anilines is 1. The molecule has 1 N–H and O–H groups in total. The van der Waals surface area contributed by atoms with Crippen LogP contribution in [0.5, 0.6) is 11.5 Å². The molecule has 2 rings (SSSR count). The Morgan fingerprint density at radius 2 is 1.91 bits per heavy atom. The monoisotopic (exact) mass is 314 g/mol. The predicted octanol–water partition coefficient (Wildman–Crippen LogP) is 3.22. The fourth-order valence-corrected chi connectivity index (χ4v) is 2.32. The van der Waals surface area contributed by atoms with Crippen LogP contribution in [0.25, 0.3) is 0 Å². The number of nitrogens with zero attached hydrogens (tertiary/aromatic N) is 1. The minimum Gasteiger partial charge on any atom is -0.493 e. The predicted molar refractivity (Wildman–Crippen MR) is 90.0 cm³/mol. The summed E-state index contributed by atoms with van der Waals surface area (Å²) < 4.78 is 10.5. The Kier molecular flexibility index (Phi) is 5.57. The van der Waals surface area contributed by atoms with E-state index < -0.39 is 0 Å². The van der Waals surface area contributed by atoms with Crippen LogP contribution in [0.4, 0.5) is 5.82 Å². The molecule has 5 nitrogen and oxygen atoms in total. The Morgan fingerprint density at radius 1 is 1.17 bits per heavy atom. The zero-order valence-corrected chi connectivity index (χ0v) is 13.9. The van der Waals surface area contributed by atoms with Gasteiger partial charge in [0, 0.05) is 11.6 Å². The van der Waals surface area contributed by atoms with Gasteiger partial charge in [0.05, 0.1) is 14.2 Å². The van der Waals surface area contributed by atoms with Crippen LogP contribution in [-0.4, -0.2) is 25.1 Å². The van der Waals surface area contributed by atoms with E-state index in [-0.39, 0.29) is 11.8 Å². The maximum Gasteiger partial charge on any atom is 0.228 e. The second-order valence-electron chi connectivity index (χ2n) is 5.45.